The second-order valence-corrected chi connectivity index (χ2v) is 7.27. The first kappa shape index (κ1) is 21.4. The van der Waals surface area contributed by atoms with Crippen molar-refractivity contribution in [1.82, 2.24) is 20.5 Å². The summed E-state index contributed by atoms with van der Waals surface area (Å²) in [4.78, 5) is 24.3. The number of hydrogen-bond donors (Lipinski definition) is 2. The smallest absolute Gasteiger partial charge is 0.265 e. The molecule has 1 aromatic heterocycles. The second kappa shape index (κ2) is 9.52. The van der Waals surface area contributed by atoms with Gasteiger partial charge in [0.05, 0.1) is 29.7 Å². The van der Waals surface area contributed by atoms with Crippen molar-refractivity contribution in [2.45, 2.75) is 13.0 Å². The lowest BCUT2D eigenvalue weighted by atomic mass is 10.2. The highest BCUT2D eigenvalue weighted by Gasteiger charge is 2.27. The van der Waals surface area contributed by atoms with Crippen LogP contribution in [0.5, 0.6) is 11.5 Å². The minimum atomic E-state index is -0.841. The Bertz CT molecular complexity index is 1160. The Balaban J connectivity index is 1.29. The number of aromatic nitrogens is 2. The molecule has 0 saturated heterocycles. The number of amides is 2. The lowest BCUT2D eigenvalue weighted by molar-refractivity contribution is -0.132. The molecule has 2 heterocycles. The van der Waals surface area contributed by atoms with Gasteiger partial charge in [0, 0.05) is 0 Å². The van der Waals surface area contributed by atoms with Crippen LogP contribution >= 0.6 is 11.6 Å². The maximum Gasteiger partial charge on any atom is 0.265 e. The van der Waals surface area contributed by atoms with Gasteiger partial charge in [-0.2, -0.15) is 10.2 Å². The molecule has 164 valence electrons. The molecule has 2 aromatic carbocycles. The molecule has 0 fully saturated rings. The molecule has 1 unspecified atom stereocenters. The monoisotopic (exact) mass is 453 g/mol. The number of carbonyl (C=O) groups is 2. The molecule has 2 N–H and O–H groups in total. The van der Waals surface area contributed by atoms with E-state index in [1.165, 1.54) is 6.21 Å². The van der Waals surface area contributed by atoms with Crippen molar-refractivity contribution in [3.05, 3.63) is 71.0 Å². The zero-order chi connectivity index (χ0) is 22.5. The van der Waals surface area contributed by atoms with Crippen molar-refractivity contribution >= 4 is 29.6 Å². The predicted octanol–water partition coefficient (Wildman–Crippen LogP) is 2.24. The first-order valence-corrected chi connectivity index (χ1v) is 10.2. The Hall–Kier alpha value is -3.85. The average molecular weight is 454 g/mol. The molecular formula is C22H20ClN5O4. The minimum absolute atomic E-state index is 0.0613. The number of aryl methyl sites for hydroxylation is 1. The van der Waals surface area contributed by atoms with Gasteiger partial charge in [-0.15, -0.1) is 0 Å². The molecule has 10 heteroatoms. The summed E-state index contributed by atoms with van der Waals surface area (Å²) in [5.41, 5.74) is 4.39. The molecule has 2 amide bonds. The van der Waals surface area contributed by atoms with E-state index in [1.807, 2.05) is 36.4 Å². The van der Waals surface area contributed by atoms with Crippen LogP contribution in [-0.2, 0) is 9.59 Å². The van der Waals surface area contributed by atoms with Crippen LogP contribution < -0.4 is 20.2 Å². The van der Waals surface area contributed by atoms with Crippen LogP contribution in [0.3, 0.4) is 0 Å². The Kier molecular flexibility index (Phi) is 6.37. The number of hydrogen-bond acceptors (Lipinski definition) is 6. The van der Waals surface area contributed by atoms with E-state index in [1.54, 1.807) is 29.8 Å². The Morgan fingerprint density at radius 2 is 1.91 bits per heavy atom. The van der Waals surface area contributed by atoms with E-state index >= 15 is 0 Å². The number of benzene rings is 2. The first-order valence-electron chi connectivity index (χ1n) is 9.81. The molecule has 1 aliphatic rings. The third-order valence-corrected chi connectivity index (χ3v) is 5.02. The summed E-state index contributed by atoms with van der Waals surface area (Å²) < 4.78 is 12.7. The van der Waals surface area contributed by atoms with Gasteiger partial charge in [0.2, 0.25) is 6.10 Å². The molecule has 3 aromatic rings. The van der Waals surface area contributed by atoms with Crippen LogP contribution in [0.2, 0.25) is 5.15 Å². The molecule has 0 spiro atoms. The molecule has 9 nitrogen and oxygen atoms in total. The van der Waals surface area contributed by atoms with E-state index in [9.17, 15) is 9.59 Å². The largest absolute Gasteiger partial charge is 0.485 e. The van der Waals surface area contributed by atoms with Gasteiger partial charge in [-0.05, 0) is 31.2 Å². The summed E-state index contributed by atoms with van der Waals surface area (Å²) in [7, 11) is 0. The minimum Gasteiger partial charge on any atom is -0.485 e. The highest BCUT2D eigenvalue weighted by Crippen LogP contribution is 2.30. The molecule has 0 radical (unpaired) electrons. The van der Waals surface area contributed by atoms with Crippen LogP contribution in [0.4, 0.5) is 0 Å². The highest BCUT2D eigenvalue weighted by molar-refractivity contribution is 6.32. The van der Waals surface area contributed by atoms with Gasteiger partial charge in [0.25, 0.3) is 11.8 Å². The zero-order valence-corrected chi connectivity index (χ0v) is 17.9. The Labute approximate surface area is 189 Å². The maximum absolute atomic E-state index is 12.3. The third kappa shape index (κ3) is 4.73. The van der Waals surface area contributed by atoms with Crippen LogP contribution in [0.15, 0.2) is 59.7 Å². The van der Waals surface area contributed by atoms with Crippen LogP contribution in [0.25, 0.3) is 5.69 Å². The summed E-state index contributed by atoms with van der Waals surface area (Å²) in [5.74, 6) is 0.0991. The van der Waals surface area contributed by atoms with E-state index in [2.05, 4.69) is 20.9 Å². The number of rotatable bonds is 6. The third-order valence-electron chi connectivity index (χ3n) is 4.66. The quantitative estimate of drug-likeness (QED) is 0.439. The van der Waals surface area contributed by atoms with Gasteiger partial charge < -0.3 is 14.8 Å². The lowest BCUT2D eigenvalue weighted by Gasteiger charge is -2.25. The van der Waals surface area contributed by atoms with Crippen LogP contribution in [-0.4, -0.2) is 47.1 Å². The van der Waals surface area contributed by atoms with Crippen molar-refractivity contribution < 1.29 is 19.1 Å². The van der Waals surface area contributed by atoms with E-state index in [4.69, 9.17) is 21.1 Å². The van der Waals surface area contributed by atoms with Crippen LogP contribution in [0.1, 0.15) is 11.3 Å². The van der Waals surface area contributed by atoms with Gasteiger partial charge in [0.15, 0.2) is 11.5 Å². The van der Waals surface area contributed by atoms with Crippen molar-refractivity contribution in [2.75, 3.05) is 13.2 Å². The molecule has 4 rings (SSSR count). The van der Waals surface area contributed by atoms with Crippen LogP contribution in [0, 0.1) is 6.92 Å². The molecule has 0 aliphatic carbocycles. The van der Waals surface area contributed by atoms with Crippen molar-refractivity contribution in [1.29, 1.82) is 0 Å². The van der Waals surface area contributed by atoms with Gasteiger partial charge >= 0.3 is 0 Å². The molecule has 0 bridgehead atoms. The molecule has 1 atom stereocenters. The molecule has 1 aliphatic heterocycles. The fourth-order valence-corrected chi connectivity index (χ4v) is 3.36. The summed E-state index contributed by atoms with van der Waals surface area (Å²) in [6.07, 6.45) is 0.574. The second-order valence-electron chi connectivity index (χ2n) is 6.91. The number of nitrogens with zero attached hydrogens (tertiary/aromatic N) is 3. The molecular weight excluding hydrogens is 434 g/mol. The lowest BCUT2D eigenvalue weighted by Crippen LogP contribution is -2.46. The van der Waals surface area contributed by atoms with E-state index in [0.29, 0.717) is 27.9 Å². The average Bonchev–Trinajstić information content (AvgIpc) is 3.11. The number of fused-ring (bicyclic) bond motifs is 1. The van der Waals surface area contributed by atoms with Gasteiger partial charge in [-0.3, -0.25) is 9.59 Å². The summed E-state index contributed by atoms with van der Waals surface area (Å²) in [5, 5.41) is 11.2. The molecule has 0 saturated carbocycles. The molecule has 32 heavy (non-hydrogen) atoms. The fourth-order valence-electron chi connectivity index (χ4n) is 3.04. The normalized spacial score (nSPS) is 14.9. The van der Waals surface area contributed by atoms with E-state index in [0.717, 1.165) is 5.69 Å². The van der Waals surface area contributed by atoms with Crippen molar-refractivity contribution in [3.8, 4) is 17.2 Å². The summed E-state index contributed by atoms with van der Waals surface area (Å²) >= 11 is 6.42. The number of hydrazone groups is 1. The van der Waals surface area contributed by atoms with E-state index in [-0.39, 0.29) is 13.2 Å². The predicted molar refractivity (Wildman–Crippen MR) is 118 cm³/mol. The summed E-state index contributed by atoms with van der Waals surface area (Å²) in [6, 6.07) is 16.5. The standard InChI is InChI=1S/C22H20ClN5O4/c1-14-16(21(23)28(27-14)15-7-3-2-4-8-15)11-25-26-20(29)12-24-22(30)19-13-31-17-9-5-6-10-18(17)32-19/h2-11,19H,12-13H2,1H3,(H,24,30)(H,26,29). The van der Waals surface area contributed by atoms with Gasteiger partial charge in [-0.1, -0.05) is 41.9 Å². The first-order chi connectivity index (χ1) is 15.5. The topological polar surface area (TPSA) is 107 Å². The van der Waals surface area contributed by atoms with Crippen molar-refractivity contribution in [3.63, 3.8) is 0 Å². The summed E-state index contributed by atoms with van der Waals surface area (Å²) in [6.45, 7) is 1.58. The number of ether oxygens (including phenoxy) is 2. The number of halogens is 1. The number of para-hydroxylation sites is 3. The van der Waals surface area contributed by atoms with Gasteiger partial charge in [0.1, 0.15) is 11.8 Å². The Morgan fingerprint density at radius 1 is 1.19 bits per heavy atom. The highest BCUT2D eigenvalue weighted by atomic mass is 35.5. The van der Waals surface area contributed by atoms with E-state index < -0.39 is 17.9 Å². The fraction of sp³-hybridized carbons (Fsp3) is 0.182. The number of carbonyl (C=O) groups excluding carboxylic acids is 2. The van der Waals surface area contributed by atoms with Gasteiger partial charge in [-0.25, -0.2) is 10.1 Å². The number of nitrogens with one attached hydrogen (secondary N) is 2. The maximum atomic E-state index is 12.3. The SMILES string of the molecule is Cc1nn(-c2ccccc2)c(Cl)c1C=NNC(=O)CNC(=O)C1COc2ccccc2O1. The van der Waals surface area contributed by atoms with Crippen molar-refractivity contribution in [2.24, 2.45) is 5.10 Å². The Morgan fingerprint density at radius 3 is 2.69 bits per heavy atom. The zero-order valence-electron chi connectivity index (χ0n) is 17.1.